The van der Waals surface area contributed by atoms with E-state index in [9.17, 15) is 9.36 Å². The van der Waals surface area contributed by atoms with E-state index in [1.165, 1.54) is 0 Å². The number of amides is 1. The fourth-order valence-electron chi connectivity index (χ4n) is 0.333. The van der Waals surface area contributed by atoms with Crippen molar-refractivity contribution in [3.8, 4) is 0 Å². The average Bonchev–Trinajstić information content (AvgIpc) is 1.79. The van der Waals surface area contributed by atoms with Crippen molar-refractivity contribution in [1.82, 2.24) is 5.09 Å². The standard InChI is InChI=1S/C4H8Cl2NO3P/c1-2-3-10-4(8)7-11(5,6)9/h2-3H2,1H3,(H,7,8,9). The minimum atomic E-state index is -3.54. The Labute approximate surface area is 74.2 Å². The zero-order chi connectivity index (χ0) is 8.91. The van der Waals surface area contributed by atoms with Crippen LogP contribution >= 0.6 is 28.5 Å². The van der Waals surface area contributed by atoms with Gasteiger partial charge in [0.2, 0.25) is 0 Å². The quantitative estimate of drug-likeness (QED) is 0.743. The minimum Gasteiger partial charge on any atom is -0.449 e. The molecule has 0 aromatic rings. The summed E-state index contributed by atoms with van der Waals surface area (Å²) in [5, 5.41) is 1.78. The SMILES string of the molecule is CCCOC(=O)NP(=O)(Cl)Cl. The highest BCUT2D eigenvalue weighted by Gasteiger charge is 2.17. The van der Waals surface area contributed by atoms with Gasteiger partial charge >= 0.3 is 12.1 Å². The van der Waals surface area contributed by atoms with E-state index in [-0.39, 0.29) is 6.61 Å². The smallest absolute Gasteiger partial charge is 0.414 e. The zero-order valence-corrected chi connectivity index (χ0v) is 8.25. The lowest BCUT2D eigenvalue weighted by Crippen LogP contribution is -2.18. The summed E-state index contributed by atoms with van der Waals surface area (Å²) in [6, 6.07) is 0. The highest BCUT2D eigenvalue weighted by molar-refractivity contribution is 8.07. The Hall–Kier alpha value is 0.0800. The highest BCUT2D eigenvalue weighted by atomic mass is 35.9. The highest BCUT2D eigenvalue weighted by Crippen LogP contribution is 2.52. The number of ether oxygens (including phenoxy) is 1. The first-order chi connectivity index (χ1) is 4.95. The van der Waals surface area contributed by atoms with Gasteiger partial charge in [-0.05, 0) is 28.9 Å². The molecule has 7 heteroatoms. The van der Waals surface area contributed by atoms with E-state index in [2.05, 4.69) is 4.74 Å². The molecule has 0 aromatic heterocycles. The molecule has 0 atom stereocenters. The molecule has 0 saturated carbocycles. The van der Waals surface area contributed by atoms with E-state index in [4.69, 9.17) is 22.5 Å². The van der Waals surface area contributed by atoms with E-state index in [1.807, 2.05) is 6.92 Å². The van der Waals surface area contributed by atoms with Gasteiger partial charge in [0.15, 0.2) is 0 Å². The van der Waals surface area contributed by atoms with Gasteiger partial charge in [0.05, 0.1) is 6.61 Å². The van der Waals surface area contributed by atoms with Crippen molar-refractivity contribution in [3.05, 3.63) is 0 Å². The number of carbonyl (C=O) groups is 1. The van der Waals surface area contributed by atoms with Crippen LogP contribution in [0.3, 0.4) is 0 Å². The molecule has 0 bridgehead atoms. The third-order valence-corrected chi connectivity index (χ3v) is 1.61. The lowest BCUT2D eigenvalue weighted by Gasteiger charge is -2.04. The van der Waals surface area contributed by atoms with Crippen LogP contribution in [-0.4, -0.2) is 12.7 Å². The van der Waals surface area contributed by atoms with E-state index < -0.39 is 12.1 Å². The van der Waals surface area contributed by atoms with Crippen LogP contribution in [0.25, 0.3) is 0 Å². The van der Waals surface area contributed by atoms with E-state index in [1.54, 1.807) is 5.09 Å². The Bertz CT molecular complexity index is 180. The average molecular weight is 220 g/mol. The summed E-state index contributed by atoms with van der Waals surface area (Å²) < 4.78 is 15.0. The fraction of sp³-hybridized carbons (Fsp3) is 0.750. The molecule has 4 nitrogen and oxygen atoms in total. The third kappa shape index (κ3) is 7.98. The van der Waals surface area contributed by atoms with Crippen molar-refractivity contribution in [1.29, 1.82) is 0 Å². The molecule has 0 aliphatic rings. The van der Waals surface area contributed by atoms with Crippen LogP contribution in [0, 0.1) is 0 Å². The Kier molecular flexibility index (Phi) is 4.89. The van der Waals surface area contributed by atoms with Crippen molar-refractivity contribution in [2.45, 2.75) is 13.3 Å². The molecule has 0 rings (SSSR count). The molecule has 0 aromatic carbocycles. The van der Waals surface area contributed by atoms with E-state index in [0.29, 0.717) is 6.42 Å². The van der Waals surface area contributed by atoms with Gasteiger partial charge in [-0.1, -0.05) is 6.92 Å². The topological polar surface area (TPSA) is 55.4 Å². The Morgan fingerprint density at radius 2 is 2.18 bits per heavy atom. The van der Waals surface area contributed by atoms with Gasteiger partial charge in [0.25, 0.3) is 0 Å². The molecular weight excluding hydrogens is 212 g/mol. The van der Waals surface area contributed by atoms with Crippen LogP contribution in [0.2, 0.25) is 0 Å². The normalized spacial score (nSPS) is 10.8. The van der Waals surface area contributed by atoms with Crippen molar-refractivity contribution >= 4 is 34.6 Å². The van der Waals surface area contributed by atoms with E-state index >= 15 is 0 Å². The molecule has 0 spiro atoms. The van der Waals surface area contributed by atoms with Crippen LogP contribution in [0.1, 0.15) is 13.3 Å². The Morgan fingerprint density at radius 1 is 1.64 bits per heavy atom. The monoisotopic (exact) mass is 219 g/mol. The number of halogens is 2. The summed E-state index contributed by atoms with van der Waals surface area (Å²) in [6.45, 7) is 2.08. The first-order valence-corrected chi connectivity index (χ1v) is 6.42. The van der Waals surface area contributed by atoms with Gasteiger partial charge in [-0.15, -0.1) is 0 Å². The van der Waals surface area contributed by atoms with Gasteiger partial charge < -0.3 is 4.74 Å². The Balaban J connectivity index is 3.62. The number of rotatable bonds is 3. The van der Waals surface area contributed by atoms with Crippen molar-refractivity contribution in [2.24, 2.45) is 0 Å². The summed E-state index contributed by atoms with van der Waals surface area (Å²) in [4.78, 5) is 10.5. The van der Waals surface area contributed by atoms with Gasteiger partial charge in [-0.2, -0.15) is 0 Å². The Morgan fingerprint density at radius 3 is 2.55 bits per heavy atom. The molecule has 0 fully saturated rings. The molecule has 0 radical (unpaired) electrons. The van der Waals surface area contributed by atoms with Gasteiger partial charge in [-0.3, -0.25) is 4.57 Å². The van der Waals surface area contributed by atoms with Gasteiger partial charge in [0, 0.05) is 0 Å². The molecule has 0 saturated heterocycles. The summed E-state index contributed by atoms with van der Waals surface area (Å²) in [7, 11) is 0. The lowest BCUT2D eigenvalue weighted by molar-refractivity contribution is 0.153. The van der Waals surface area contributed by atoms with Crippen LogP contribution in [0.5, 0.6) is 0 Å². The molecule has 11 heavy (non-hydrogen) atoms. The second kappa shape index (κ2) is 4.86. The minimum absolute atomic E-state index is 0.250. The number of carbonyl (C=O) groups excluding carboxylic acids is 1. The maximum atomic E-state index is 10.5. The molecule has 0 heterocycles. The van der Waals surface area contributed by atoms with Crippen LogP contribution in [0.4, 0.5) is 4.79 Å². The van der Waals surface area contributed by atoms with Crippen molar-refractivity contribution in [2.75, 3.05) is 6.61 Å². The summed E-state index contributed by atoms with van der Waals surface area (Å²) in [6.07, 6.45) is -0.178. The van der Waals surface area contributed by atoms with Gasteiger partial charge in [0.1, 0.15) is 0 Å². The predicted molar refractivity (Wildman–Crippen MR) is 44.1 cm³/mol. The summed E-state index contributed by atoms with van der Waals surface area (Å²) in [5.41, 5.74) is 0. The van der Waals surface area contributed by atoms with Crippen LogP contribution in [0.15, 0.2) is 0 Å². The molecule has 0 unspecified atom stereocenters. The molecule has 66 valence electrons. The lowest BCUT2D eigenvalue weighted by atomic mass is 10.5. The number of hydrogen-bond donors (Lipinski definition) is 1. The summed E-state index contributed by atoms with van der Waals surface area (Å²) >= 11 is 10.0. The molecule has 1 amide bonds. The molecular formula is C4H8Cl2NO3P. The van der Waals surface area contributed by atoms with Crippen molar-refractivity contribution in [3.63, 3.8) is 0 Å². The largest absolute Gasteiger partial charge is 0.449 e. The number of nitrogens with one attached hydrogen (secondary N) is 1. The van der Waals surface area contributed by atoms with Crippen LogP contribution < -0.4 is 5.09 Å². The molecule has 1 N–H and O–H groups in total. The molecule has 0 aliphatic heterocycles. The molecule has 0 aliphatic carbocycles. The van der Waals surface area contributed by atoms with Crippen molar-refractivity contribution < 1.29 is 14.1 Å². The second-order valence-electron chi connectivity index (χ2n) is 1.71. The fourth-order valence-corrected chi connectivity index (χ4v) is 1.02. The zero-order valence-electron chi connectivity index (χ0n) is 5.84. The van der Waals surface area contributed by atoms with E-state index in [0.717, 1.165) is 0 Å². The maximum Gasteiger partial charge on any atom is 0.414 e. The van der Waals surface area contributed by atoms with Gasteiger partial charge in [-0.25, -0.2) is 9.88 Å². The number of hydrogen-bond acceptors (Lipinski definition) is 3. The van der Waals surface area contributed by atoms with Crippen LogP contribution in [-0.2, 0) is 9.30 Å². The summed E-state index contributed by atoms with van der Waals surface area (Å²) in [5.74, 6) is -3.54. The first-order valence-electron chi connectivity index (χ1n) is 2.90. The third-order valence-electron chi connectivity index (χ3n) is 0.659. The first kappa shape index (κ1) is 11.1. The maximum absolute atomic E-state index is 10.5. The second-order valence-corrected chi connectivity index (χ2v) is 6.23. The predicted octanol–water partition coefficient (Wildman–Crippen LogP) is 2.71.